The van der Waals surface area contributed by atoms with Crippen LogP contribution in [0.25, 0.3) is 21.8 Å². The molecule has 0 aliphatic heterocycles. The first-order valence-corrected chi connectivity index (χ1v) is 14.2. The van der Waals surface area contributed by atoms with Gasteiger partial charge in [-0.05, 0) is 61.4 Å². The molecule has 214 valence electrons. The Morgan fingerprint density at radius 1 is 0.951 bits per heavy atom. The lowest BCUT2D eigenvalue weighted by Gasteiger charge is -2.11. The summed E-state index contributed by atoms with van der Waals surface area (Å²) in [6.07, 6.45) is 1.74. The number of carboxylic acid groups (broad SMARTS) is 1. The van der Waals surface area contributed by atoms with Gasteiger partial charge in [0.25, 0.3) is 0 Å². The molecule has 0 aliphatic rings. The van der Waals surface area contributed by atoms with Crippen molar-refractivity contribution in [2.45, 2.75) is 37.6 Å². The van der Waals surface area contributed by atoms with Gasteiger partial charge < -0.3 is 24.3 Å². The molecule has 0 amide bonds. The topological polar surface area (TPSA) is 124 Å². The molecule has 2 heterocycles. The molecule has 0 aliphatic carbocycles. The van der Waals surface area contributed by atoms with Crippen molar-refractivity contribution in [1.29, 1.82) is 0 Å². The van der Waals surface area contributed by atoms with Gasteiger partial charge in [-0.1, -0.05) is 24.3 Å². The second-order valence-corrected chi connectivity index (χ2v) is 10.9. The van der Waals surface area contributed by atoms with Crippen LogP contribution in [0.3, 0.4) is 0 Å². The lowest BCUT2D eigenvalue weighted by atomic mass is 9.98. The second-order valence-electron chi connectivity index (χ2n) is 9.49. The molecular formula is C31H33N3O6S. The van der Waals surface area contributed by atoms with E-state index >= 15 is 0 Å². The number of aromatic nitrogens is 3. The molecule has 0 fully saturated rings. The van der Waals surface area contributed by atoms with Crippen LogP contribution in [-0.4, -0.2) is 51.6 Å². The Balaban J connectivity index is 0.000000201. The van der Waals surface area contributed by atoms with E-state index < -0.39 is 22.7 Å². The van der Waals surface area contributed by atoms with Gasteiger partial charge in [-0.25, -0.2) is 4.98 Å². The Morgan fingerprint density at radius 3 is 2.29 bits per heavy atom. The van der Waals surface area contributed by atoms with E-state index in [0.29, 0.717) is 5.16 Å². The molecule has 41 heavy (non-hydrogen) atoms. The van der Waals surface area contributed by atoms with Crippen molar-refractivity contribution in [1.82, 2.24) is 15.0 Å². The Bertz CT molecular complexity index is 1730. The van der Waals surface area contributed by atoms with E-state index in [9.17, 15) is 9.00 Å². The third-order valence-electron chi connectivity index (χ3n) is 6.84. The van der Waals surface area contributed by atoms with E-state index in [1.807, 2.05) is 68.4 Å². The molecule has 5 aromatic rings. The fraction of sp³-hybridized carbons (Fsp3) is 0.258. The summed E-state index contributed by atoms with van der Waals surface area (Å²) < 4.78 is 28.4. The number of carbonyl (C=O) groups is 1. The highest BCUT2D eigenvalue weighted by Crippen LogP contribution is 2.27. The van der Waals surface area contributed by atoms with E-state index in [1.54, 1.807) is 34.4 Å². The number of hydrogen-bond acceptors (Lipinski definition) is 7. The smallest absolute Gasteiger partial charge is 0.310 e. The summed E-state index contributed by atoms with van der Waals surface area (Å²) in [7, 11) is 3.53. The first-order valence-electron chi connectivity index (χ1n) is 12.9. The molecule has 0 radical (unpaired) electrons. The van der Waals surface area contributed by atoms with Crippen LogP contribution in [0.2, 0.25) is 0 Å². The fourth-order valence-electron chi connectivity index (χ4n) is 4.39. The Morgan fingerprint density at radius 2 is 1.61 bits per heavy atom. The van der Waals surface area contributed by atoms with Crippen LogP contribution < -0.4 is 14.2 Å². The third kappa shape index (κ3) is 6.66. The van der Waals surface area contributed by atoms with Crippen LogP contribution in [0, 0.1) is 13.8 Å². The number of methoxy groups -OCH3 is 3. The number of aliphatic carboxylic acids is 1. The van der Waals surface area contributed by atoms with Gasteiger partial charge in [-0.3, -0.25) is 14.0 Å². The number of ether oxygens (including phenoxy) is 3. The maximum atomic E-state index is 12.7. The van der Waals surface area contributed by atoms with Crippen LogP contribution in [0.4, 0.5) is 0 Å². The monoisotopic (exact) mass is 575 g/mol. The zero-order valence-electron chi connectivity index (χ0n) is 23.8. The molecule has 10 heteroatoms. The Kier molecular flexibility index (Phi) is 9.24. The average Bonchev–Trinajstić information content (AvgIpc) is 3.42. The van der Waals surface area contributed by atoms with Gasteiger partial charge in [-0.2, -0.15) is 0 Å². The molecule has 0 saturated carbocycles. The van der Waals surface area contributed by atoms with E-state index in [-0.39, 0.29) is 5.75 Å². The highest BCUT2D eigenvalue weighted by atomic mass is 32.2. The number of rotatable bonds is 8. The molecule has 5 rings (SSSR count). The summed E-state index contributed by atoms with van der Waals surface area (Å²) >= 11 is 0. The number of hydrogen-bond donors (Lipinski definition) is 2. The predicted octanol–water partition coefficient (Wildman–Crippen LogP) is 5.94. The second kappa shape index (κ2) is 12.8. The molecule has 0 saturated heterocycles. The van der Waals surface area contributed by atoms with Crippen LogP contribution >= 0.6 is 0 Å². The molecule has 3 aromatic carbocycles. The summed E-state index contributed by atoms with van der Waals surface area (Å²) in [5.41, 5.74) is 4.97. The fourth-order valence-corrected chi connectivity index (χ4v) is 5.49. The van der Waals surface area contributed by atoms with Crippen molar-refractivity contribution in [3.05, 3.63) is 83.2 Å². The van der Waals surface area contributed by atoms with Gasteiger partial charge in [-0.15, -0.1) is 0 Å². The van der Waals surface area contributed by atoms with Gasteiger partial charge in [0.15, 0.2) is 5.16 Å². The number of nitrogens with zero attached hydrogens (tertiary/aromatic N) is 2. The van der Waals surface area contributed by atoms with Gasteiger partial charge in [0.2, 0.25) is 0 Å². The zero-order valence-corrected chi connectivity index (χ0v) is 24.7. The zero-order chi connectivity index (χ0) is 29.7. The molecule has 2 atom stereocenters. The number of fused-ring (bicyclic) bond motifs is 2. The van der Waals surface area contributed by atoms with E-state index in [4.69, 9.17) is 19.3 Å². The van der Waals surface area contributed by atoms with E-state index in [0.717, 1.165) is 61.4 Å². The molecule has 9 nitrogen and oxygen atoms in total. The summed E-state index contributed by atoms with van der Waals surface area (Å²) in [4.78, 5) is 22.8. The summed E-state index contributed by atoms with van der Waals surface area (Å²) in [5, 5.41) is 11.5. The van der Waals surface area contributed by atoms with Crippen molar-refractivity contribution in [3.8, 4) is 17.2 Å². The van der Waals surface area contributed by atoms with Crippen molar-refractivity contribution in [2.75, 3.05) is 21.3 Å². The number of imidazole rings is 1. The van der Waals surface area contributed by atoms with Gasteiger partial charge >= 0.3 is 5.97 Å². The molecule has 2 aromatic heterocycles. The van der Waals surface area contributed by atoms with Crippen LogP contribution in [0.5, 0.6) is 17.2 Å². The highest BCUT2D eigenvalue weighted by molar-refractivity contribution is 7.84. The molecule has 1 unspecified atom stereocenters. The molecule has 0 bridgehead atoms. The number of pyridine rings is 1. The minimum atomic E-state index is -1.33. The lowest BCUT2D eigenvalue weighted by Crippen LogP contribution is -2.06. The highest BCUT2D eigenvalue weighted by Gasteiger charge is 2.16. The van der Waals surface area contributed by atoms with Gasteiger partial charge in [0, 0.05) is 23.4 Å². The van der Waals surface area contributed by atoms with Gasteiger partial charge in [0.05, 0.1) is 60.5 Å². The maximum Gasteiger partial charge on any atom is 0.310 e. The van der Waals surface area contributed by atoms with Crippen LogP contribution in [0.15, 0.2) is 66.0 Å². The molecule has 0 spiro atoms. The third-order valence-corrected chi connectivity index (χ3v) is 8.00. The molecular weight excluding hydrogens is 542 g/mol. The Labute approximate surface area is 241 Å². The number of aryl methyl sites for hydroxylation is 1. The van der Waals surface area contributed by atoms with Crippen LogP contribution in [0.1, 0.15) is 35.2 Å². The number of H-pyrrole nitrogens is 1. The molecule has 2 N–H and O–H groups in total. The minimum absolute atomic E-state index is 0.277. The van der Waals surface area contributed by atoms with Crippen molar-refractivity contribution in [2.24, 2.45) is 0 Å². The van der Waals surface area contributed by atoms with E-state index in [2.05, 4.69) is 15.0 Å². The minimum Gasteiger partial charge on any atom is -0.497 e. The summed E-state index contributed by atoms with van der Waals surface area (Å²) in [6.45, 7) is 5.55. The number of nitrogens with one attached hydrogen (secondary N) is 1. The predicted molar refractivity (Wildman–Crippen MR) is 160 cm³/mol. The number of aromatic amines is 1. The maximum absolute atomic E-state index is 12.7. The first-order chi connectivity index (χ1) is 19.6. The van der Waals surface area contributed by atoms with Crippen molar-refractivity contribution < 1.29 is 28.3 Å². The number of benzene rings is 3. The quantitative estimate of drug-likeness (QED) is 0.233. The standard InChI is InChI=1S/C17H19N3O3S.C14H14O3/c1-10-8-18-15(11(2)16(10)23-4)9-24(21)17-19-13-6-5-12(22-3)7-14(13)20-17;1-9(14(15)16)10-3-4-12-8-13(17-2)6-5-11(12)7-10/h5-8H,9H2,1-4H3,(H,19,20);3-9H,1-2H3,(H,15,16)/t;9-/m.0/s1. The number of carboxylic acids is 1. The summed E-state index contributed by atoms with van der Waals surface area (Å²) in [6, 6.07) is 16.9. The van der Waals surface area contributed by atoms with Crippen molar-refractivity contribution >= 4 is 38.6 Å². The van der Waals surface area contributed by atoms with Crippen molar-refractivity contribution in [3.63, 3.8) is 0 Å². The average molecular weight is 576 g/mol. The van der Waals surface area contributed by atoms with E-state index in [1.165, 1.54) is 0 Å². The summed E-state index contributed by atoms with van der Waals surface area (Å²) in [5.74, 6) is 1.30. The van der Waals surface area contributed by atoms with Gasteiger partial charge in [0.1, 0.15) is 17.2 Å². The van der Waals surface area contributed by atoms with Crippen LogP contribution in [-0.2, 0) is 21.3 Å². The normalized spacial score (nSPS) is 12.3. The first kappa shape index (κ1) is 29.5. The SMILES string of the molecule is COc1ccc2cc([C@H](C)C(=O)O)ccc2c1.COc1ccc2nc(S(=O)Cc3ncc(C)c(OC)c3C)[nH]c2c1. The largest absolute Gasteiger partial charge is 0.497 e. The lowest BCUT2D eigenvalue weighted by molar-refractivity contribution is -0.138. The Hall–Kier alpha value is -4.44.